The standard InChI is InChI=1S/C14H21N3O2/c1-2-4-11(8-9-15)6-7-13-16-14(17-19-13)12-5-3-10-18-12/h3,5,10-11H,2,4,6-9,15H2,1H3. The maximum Gasteiger partial charge on any atom is 0.238 e. The summed E-state index contributed by atoms with van der Waals surface area (Å²) in [5, 5.41) is 3.92. The molecule has 5 heteroatoms. The van der Waals surface area contributed by atoms with Crippen LogP contribution in [-0.4, -0.2) is 16.7 Å². The average Bonchev–Trinajstić information content (AvgIpc) is 3.07. The first-order chi connectivity index (χ1) is 9.33. The van der Waals surface area contributed by atoms with Gasteiger partial charge in [0.1, 0.15) is 0 Å². The zero-order valence-electron chi connectivity index (χ0n) is 11.3. The van der Waals surface area contributed by atoms with Crippen molar-refractivity contribution in [1.82, 2.24) is 10.1 Å². The van der Waals surface area contributed by atoms with Crippen LogP contribution in [0.5, 0.6) is 0 Å². The Hall–Kier alpha value is -1.62. The molecule has 2 rings (SSSR count). The van der Waals surface area contributed by atoms with Crippen molar-refractivity contribution in [2.75, 3.05) is 6.54 Å². The fourth-order valence-corrected chi connectivity index (χ4v) is 2.27. The summed E-state index contributed by atoms with van der Waals surface area (Å²) < 4.78 is 10.5. The fourth-order valence-electron chi connectivity index (χ4n) is 2.27. The van der Waals surface area contributed by atoms with Gasteiger partial charge in [0, 0.05) is 6.42 Å². The Morgan fingerprint density at radius 2 is 2.21 bits per heavy atom. The molecule has 0 spiro atoms. The Morgan fingerprint density at radius 3 is 2.89 bits per heavy atom. The summed E-state index contributed by atoms with van der Waals surface area (Å²) >= 11 is 0. The monoisotopic (exact) mass is 263 g/mol. The highest BCUT2D eigenvalue weighted by Gasteiger charge is 2.13. The molecule has 0 fully saturated rings. The molecule has 104 valence electrons. The van der Waals surface area contributed by atoms with Gasteiger partial charge < -0.3 is 14.7 Å². The van der Waals surface area contributed by atoms with Crippen LogP contribution < -0.4 is 5.73 Å². The predicted octanol–water partition coefficient (Wildman–Crippen LogP) is 3.03. The van der Waals surface area contributed by atoms with Gasteiger partial charge in [0.15, 0.2) is 5.76 Å². The number of furan rings is 1. The molecule has 0 aromatic carbocycles. The van der Waals surface area contributed by atoms with Crippen molar-refractivity contribution >= 4 is 0 Å². The quantitative estimate of drug-likeness (QED) is 0.792. The highest BCUT2D eigenvalue weighted by atomic mass is 16.5. The van der Waals surface area contributed by atoms with Crippen LogP contribution in [0.2, 0.25) is 0 Å². The topological polar surface area (TPSA) is 78.1 Å². The summed E-state index contributed by atoms with van der Waals surface area (Å²) in [5.41, 5.74) is 5.63. The van der Waals surface area contributed by atoms with E-state index in [1.165, 1.54) is 12.8 Å². The third-order valence-electron chi connectivity index (χ3n) is 3.25. The van der Waals surface area contributed by atoms with Gasteiger partial charge in [0.2, 0.25) is 11.7 Å². The lowest BCUT2D eigenvalue weighted by Crippen LogP contribution is -2.09. The molecule has 0 amide bonds. The van der Waals surface area contributed by atoms with Crippen LogP contribution in [0.3, 0.4) is 0 Å². The van der Waals surface area contributed by atoms with Gasteiger partial charge in [-0.25, -0.2) is 0 Å². The molecular formula is C14H21N3O2. The average molecular weight is 263 g/mol. The minimum Gasteiger partial charge on any atom is -0.461 e. The van der Waals surface area contributed by atoms with E-state index in [2.05, 4.69) is 17.1 Å². The number of aromatic nitrogens is 2. The van der Waals surface area contributed by atoms with Gasteiger partial charge in [0.25, 0.3) is 0 Å². The van der Waals surface area contributed by atoms with Gasteiger partial charge in [-0.15, -0.1) is 0 Å². The Bertz CT molecular complexity index is 459. The number of rotatable bonds is 8. The van der Waals surface area contributed by atoms with Crippen LogP contribution in [0.25, 0.3) is 11.6 Å². The molecular weight excluding hydrogens is 242 g/mol. The molecule has 0 saturated heterocycles. The molecule has 2 aromatic heterocycles. The Balaban J connectivity index is 1.89. The van der Waals surface area contributed by atoms with E-state index >= 15 is 0 Å². The van der Waals surface area contributed by atoms with Crippen molar-refractivity contribution in [3.05, 3.63) is 24.3 Å². The van der Waals surface area contributed by atoms with Gasteiger partial charge in [-0.2, -0.15) is 4.98 Å². The summed E-state index contributed by atoms with van der Waals surface area (Å²) in [5.74, 6) is 2.48. The molecule has 0 bridgehead atoms. The first-order valence-electron chi connectivity index (χ1n) is 6.90. The van der Waals surface area contributed by atoms with E-state index in [9.17, 15) is 0 Å². The van der Waals surface area contributed by atoms with E-state index < -0.39 is 0 Å². The minimum atomic E-state index is 0.519. The van der Waals surface area contributed by atoms with E-state index in [-0.39, 0.29) is 0 Å². The molecule has 1 unspecified atom stereocenters. The summed E-state index contributed by atoms with van der Waals surface area (Å²) in [4.78, 5) is 4.34. The van der Waals surface area contributed by atoms with Crippen molar-refractivity contribution < 1.29 is 8.94 Å². The number of hydrogen-bond donors (Lipinski definition) is 1. The second kappa shape index (κ2) is 7.09. The zero-order valence-corrected chi connectivity index (χ0v) is 11.3. The Morgan fingerprint density at radius 1 is 1.32 bits per heavy atom. The van der Waals surface area contributed by atoms with Crippen LogP contribution in [0.4, 0.5) is 0 Å². The molecule has 0 aliphatic heterocycles. The molecule has 0 radical (unpaired) electrons. The van der Waals surface area contributed by atoms with Gasteiger partial charge in [0.05, 0.1) is 6.26 Å². The van der Waals surface area contributed by atoms with Crippen molar-refractivity contribution in [2.45, 2.75) is 39.0 Å². The summed E-state index contributed by atoms with van der Waals surface area (Å²) in [6.45, 7) is 2.94. The van der Waals surface area contributed by atoms with E-state index in [1.54, 1.807) is 6.26 Å². The lowest BCUT2D eigenvalue weighted by molar-refractivity contribution is 0.349. The first kappa shape index (κ1) is 13.8. The van der Waals surface area contributed by atoms with Crippen LogP contribution in [0.1, 0.15) is 38.5 Å². The van der Waals surface area contributed by atoms with Gasteiger partial charge in [-0.05, 0) is 37.4 Å². The van der Waals surface area contributed by atoms with Crippen molar-refractivity contribution in [3.8, 4) is 11.6 Å². The van der Waals surface area contributed by atoms with Crippen molar-refractivity contribution in [3.63, 3.8) is 0 Å². The van der Waals surface area contributed by atoms with Crippen molar-refractivity contribution in [2.24, 2.45) is 11.7 Å². The van der Waals surface area contributed by atoms with E-state index in [0.717, 1.165) is 25.8 Å². The lowest BCUT2D eigenvalue weighted by atomic mass is 9.94. The molecule has 5 nitrogen and oxygen atoms in total. The van der Waals surface area contributed by atoms with E-state index in [0.29, 0.717) is 23.4 Å². The molecule has 19 heavy (non-hydrogen) atoms. The highest BCUT2D eigenvalue weighted by Crippen LogP contribution is 2.20. The normalized spacial score (nSPS) is 12.7. The molecule has 2 heterocycles. The van der Waals surface area contributed by atoms with Gasteiger partial charge >= 0.3 is 0 Å². The maximum absolute atomic E-state index is 5.63. The van der Waals surface area contributed by atoms with E-state index in [4.69, 9.17) is 14.7 Å². The highest BCUT2D eigenvalue weighted by molar-refractivity contribution is 5.44. The van der Waals surface area contributed by atoms with E-state index in [1.807, 2.05) is 12.1 Å². The largest absolute Gasteiger partial charge is 0.461 e. The second-order valence-electron chi connectivity index (χ2n) is 4.76. The number of nitrogens with zero attached hydrogens (tertiary/aromatic N) is 2. The van der Waals surface area contributed by atoms with Crippen molar-refractivity contribution in [1.29, 1.82) is 0 Å². The molecule has 0 aliphatic rings. The number of hydrogen-bond acceptors (Lipinski definition) is 5. The minimum absolute atomic E-state index is 0.519. The number of nitrogens with two attached hydrogens (primary N) is 1. The zero-order chi connectivity index (χ0) is 13.5. The fraction of sp³-hybridized carbons (Fsp3) is 0.571. The smallest absolute Gasteiger partial charge is 0.238 e. The first-order valence-corrected chi connectivity index (χ1v) is 6.90. The second-order valence-corrected chi connectivity index (χ2v) is 4.76. The molecule has 0 saturated carbocycles. The summed E-state index contributed by atoms with van der Waals surface area (Å²) in [6, 6.07) is 3.63. The molecule has 2 aromatic rings. The summed E-state index contributed by atoms with van der Waals surface area (Å²) in [6.07, 6.45) is 6.91. The molecule has 2 N–H and O–H groups in total. The van der Waals surface area contributed by atoms with Crippen LogP contribution in [-0.2, 0) is 6.42 Å². The third-order valence-corrected chi connectivity index (χ3v) is 3.25. The SMILES string of the molecule is CCCC(CCN)CCc1nc(-c2ccco2)no1. The van der Waals surface area contributed by atoms with Crippen LogP contribution in [0.15, 0.2) is 27.3 Å². The summed E-state index contributed by atoms with van der Waals surface area (Å²) in [7, 11) is 0. The Kier molecular flexibility index (Phi) is 5.15. The number of aryl methyl sites for hydroxylation is 1. The van der Waals surface area contributed by atoms with Crippen LogP contribution >= 0.6 is 0 Å². The lowest BCUT2D eigenvalue weighted by Gasteiger charge is -2.13. The van der Waals surface area contributed by atoms with Gasteiger partial charge in [-0.3, -0.25) is 0 Å². The predicted molar refractivity (Wildman–Crippen MR) is 72.4 cm³/mol. The third kappa shape index (κ3) is 3.92. The maximum atomic E-state index is 5.63. The van der Waals surface area contributed by atoms with Gasteiger partial charge in [-0.1, -0.05) is 24.9 Å². The molecule has 1 atom stereocenters. The Labute approximate surface area is 113 Å². The van der Waals surface area contributed by atoms with Crippen LogP contribution in [0, 0.1) is 5.92 Å². The molecule has 0 aliphatic carbocycles.